The number of imidazole rings is 1. The van der Waals surface area contributed by atoms with E-state index < -0.39 is 0 Å². The number of halogens is 2. The number of para-hydroxylation sites is 1. The fraction of sp³-hybridized carbons (Fsp3) is 0.562. The lowest BCUT2D eigenvalue weighted by atomic mass is 9.93. The van der Waals surface area contributed by atoms with Crippen molar-refractivity contribution in [2.75, 3.05) is 20.1 Å². The van der Waals surface area contributed by atoms with E-state index in [0.717, 1.165) is 36.4 Å². The number of rotatable bonds is 2. The summed E-state index contributed by atoms with van der Waals surface area (Å²) < 4.78 is 2.33. The molecule has 1 aliphatic heterocycles. The second-order valence-electron chi connectivity index (χ2n) is 6.16. The molecule has 1 aromatic heterocycles. The standard InChI is InChI=1S/C16H21Cl2N3/c1-10-9-20(3)8-7-13(10)21-14-6-4-5-12(18)15(14)19-16(21)11(2)17/h4-6,10-11,13H,7-9H2,1-3H3. The number of aromatic nitrogens is 2. The molecule has 5 heteroatoms. The van der Waals surface area contributed by atoms with E-state index in [2.05, 4.69) is 29.5 Å². The third kappa shape index (κ3) is 2.67. The van der Waals surface area contributed by atoms with Gasteiger partial charge >= 0.3 is 0 Å². The summed E-state index contributed by atoms with van der Waals surface area (Å²) in [5.74, 6) is 1.50. The Morgan fingerprint density at radius 2 is 2.14 bits per heavy atom. The number of benzene rings is 1. The van der Waals surface area contributed by atoms with Crippen LogP contribution in [-0.4, -0.2) is 34.6 Å². The van der Waals surface area contributed by atoms with Crippen molar-refractivity contribution in [2.45, 2.75) is 31.7 Å². The van der Waals surface area contributed by atoms with Gasteiger partial charge in [0.2, 0.25) is 0 Å². The van der Waals surface area contributed by atoms with E-state index in [1.165, 1.54) is 0 Å². The number of hydrogen-bond donors (Lipinski definition) is 0. The summed E-state index contributed by atoms with van der Waals surface area (Å²) in [6, 6.07) is 6.41. The highest BCUT2D eigenvalue weighted by Crippen LogP contribution is 2.36. The molecule has 3 rings (SSSR count). The molecule has 1 aliphatic rings. The molecule has 0 amide bonds. The van der Waals surface area contributed by atoms with Crippen LogP contribution in [0, 0.1) is 5.92 Å². The van der Waals surface area contributed by atoms with Crippen molar-refractivity contribution < 1.29 is 0 Å². The van der Waals surface area contributed by atoms with E-state index in [1.54, 1.807) is 0 Å². The molecule has 21 heavy (non-hydrogen) atoms. The van der Waals surface area contributed by atoms with Crippen LogP contribution in [0.2, 0.25) is 5.02 Å². The van der Waals surface area contributed by atoms with E-state index in [9.17, 15) is 0 Å². The molecule has 0 N–H and O–H groups in total. The van der Waals surface area contributed by atoms with Crippen molar-refractivity contribution in [1.82, 2.24) is 14.5 Å². The van der Waals surface area contributed by atoms with Crippen LogP contribution in [0.3, 0.4) is 0 Å². The van der Waals surface area contributed by atoms with E-state index >= 15 is 0 Å². The first kappa shape index (κ1) is 15.1. The van der Waals surface area contributed by atoms with Crippen LogP contribution in [-0.2, 0) is 0 Å². The number of fused-ring (bicyclic) bond motifs is 1. The Balaban J connectivity index is 2.16. The summed E-state index contributed by atoms with van der Waals surface area (Å²) in [6.07, 6.45) is 1.12. The third-order valence-corrected chi connectivity index (χ3v) is 4.95. The zero-order valence-electron chi connectivity index (χ0n) is 12.7. The van der Waals surface area contributed by atoms with Gasteiger partial charge in [0.1, 0.15) is 11.3 Å². The zero-order valence-corrected chi connectivity index (χ0v) is 14.2. The Hall–Kier alpha value is -0.770. The SMILES string of the molecule is CC(Cl)c1nc2c(Cl)cccc2n1C1CCN(C)CC1C. The molecule has 2 heterocycles. The molecule has 1 aromatic carbocycles. The molecule has 3 atom stereocenters. The number of nitrogens with zero attached hydrogens (tertiary/aromatic N) is 3. The Labute approximate surface area is 135 Å². The van der Waals surface area contributed by atoms with E-state index in [-0.39, 0.29) is 5.38 Å². The second-order valence-corrected chi connectivity index (χ2v) is 7.22. The first-order valence-corrected chi connectivity index (χ1v) is 8.29. The summed E-state index contributed by atoms with van der Waals surface area (Å²) in [5.41, 5.74) is 1.97. The molecule has 1 saturated heterocycles. The molecule has 1 fully saturated rings. The van der Waals surface area contributed by atoms with E-state index in [1.807, 2.05) is 19.1 Å². The van der Waals surface area contributed by atoms with Gasteiger partial charge in [0, 0.05) is 12.6 Å². The summed E-state index contributed by atoms with van der Waals surface area (Å²) in [5, 5.41) is 0.575. The topological polar surface area (TPSA) is 21.1 Å². The van der Waals surface area contributed by atoms with Crippen LogP contribution in [0.5, 0.6) is 0 Å². The van der Waals surface area contributed by atoms with Gasteiger partial charge in [-0.1, -0.05) is 24.6 Å². The molecule has 0 bridgehead atoms. The molecule has 0 aliphatic carbocycles. The van der Waals surface area contributed by atoms with Gasteiger partial charge in [0.25, 0.3) is 0 Å². The summed E-state index contributed by atoms with van der Waals surface area (Å²) in [6.45, 7) is 6.48. The first-order valence-electron chi connectivity index (χ1n) is 7.48. The highest BCUT2D eigenvalue weighted by molar-refractivity contribution is 6.35. The molecular weight excluding hydrogens is 305 g/mol. The normalized spacial score (nSPS) is 25.4. The molecule has 3 nitrogen and oxygen atoms in total. The quantitative estimate of drug-likeness (QED) is 0.758. The van der Waals surface area contributed by atoms with Crippen molar-refractivity contribution in [3.05, 3.63) is 29.0 Å². The van der Waals surface area contributed by atoms with Gasteiger partial charge in [-0.3, -0.25) is 0 Å². The van der Waals surface area contributed by atoms with E-state index in [4.69, 9.17) is 28.2 Å². The Bertz CT molecular complexity index is 650. The Morgan fingerprint density at radius 1 is 1.38 bits per heavy atom. The first-order chi connectivity index (χ1) is 9.99. The minimum Gasteiger partial charge on any atom is -0.323 e. The Kier molecular flexibility index (Phi) is 4.17. The lowest BCUT2D eigenvalue weighted by Crippen LogP contribution is -2.38. The maximum Gasteiger partial charge on any atom is 0.128 e. The fourth-order valence-electron chi connectivity index (χ4n) is 3.46. The maximum atomic E-state index is 6.39. The fourth-order valence-corrected chi connectivity index (χ4v) is 3.82. The highest BCUT2D eigenvalue weighted by Gasteiger charge is 2.30. The van der Waals surface area contributed by atoms with Gasteiger partial charge in [-0.05, 0) is 45.0 Å². The van der Waals surface area contributed by atoms with Gasteiger partial charge in [-0.15, -0.1) is 11.6 Å². The van der Waals surface area contributed by atoms with Crippen LogP contribution >= 0.6 is 23.2 Å². The lowest BCUT2D eigenvalue weighted by molar-refractivity contribution is 0.159. The van der Waals surface area contributed by atoms with Gasteiger partial charge in [0.05, 0.1) is 15.9 Å². The van der Waals surface area contributed by atoms with Gasteiger partial charge < -0.3 is 9.47 Å². The Morgan fingerprint density at radius 3 is 2.81 bits per heavy atom. The van der Waals surface area contributed by atoms with Crippen LogP contribution in [0.25, 0.3) is 11.0 Å². The summed E-state index contributed by atoms with van der Waals surface area (Å²) in [7, 11) is 2.18. The minimum absolute atomic E-state index is 0.125. The largest absolute Gasteiger partial charge is 0.323 e. The molecule has 2 aromatic rings. The number of hydrogen-bond acceptors (Lipinski definition) is 2. The molecular formula is C16H21Cl2N3. The number of piperidine rings is 1. The van der Waals surface area contributed by atoms with E-state index in [0.29, 0.717) is 17.0 Å². The molecule has 0 spiro atoms. The van der Waals surface area contributed by atoms with Crippen molar-refractivity contribution >= 4 is 34.2 Å². The molecule has 0 saturated carbocycles. The third-order valence-electron chi connectivity index (χ3n) is 4.45. The van der Waals surface area contributed by atoms with Crippen molar-refractivity contribution in [3.63, 3.8) is 0 Å². The smallest absolute Gasteiger partial charge is 0.128 e. The summed E-state index contributed by atoms with van der Waals surface area (Å²) in [4.78, 5) is 7.11. The maximum absolute atomic E-state index is 6.39. The average Bonchev–Trinajstić information content (AvgIpc) is 2.80. The predicted octanol–water partition coefficient (Wildman–Crippen LogP) is 4.50. The zero-order chi connectivity index (χ0) is 15.1. The molecule has 114 valence electrons. The molecule has 0 radical (unpaired) electrons. The molecule has 3 unspecified atom stereocenters. The predicted molar refractivity (Wildman–Crippen MR) is 89.3 cm³/mol. The van der Waals surface area contributed by atoms with Crippen LogP contribution in [0.15, 0.2) is 18.2 Å². The second kappa shape index (κ2) is 5.79. The van der Waals surface area contributed by atoms with Crippen LogP contribution in [0.4, 0.5) is 0 Å². The number of alkyl halides is 1. The monoisotopic (exact) mass is 325 g/mol. The summed E-state index contributed by atoms with van der Waals surface area (Å²) >= 11 is 12.7. The van der Waals surface area contributed by atoms with Crippen molar-refractivity contribution in [2.24, 2.45) is 5.92 Å². The average molecular weight is 326 g/mol. The van der Waals surface area contributed by atoms with Crippen molar-refractivity contribution in [1.29, 1.82) is 0 Å². The minimum atomic E-state index is -0.125. The van der Waals surface area contributed by atoms with Crippen molar-refractivity contribution in [3.8, 4) is 0 Å². The van der Waals surface area contributed by atoms with Gasteiger partial charge in [-0.25, -0.2) is 4.98 Å². The number of likely N-dealkylation sites (tertiary alicyclic amines) is 1. The van der Waals surface area contributed by atoms with Crippen LogP contribution < -0.4 is 0 Å². The van der Waals surface area contributed by atoms with Crippen LogP contribution in [0.1, 0.15) is 37.5 Å². The van der Waals surface area contributed by atoms with Gasteiger partial charge in [-0.2, -0.15) is 0 Å². The van der Waals surface area contributed by atoms with Gasteiger partial charge in [0.15, 0.2) is 0 Å². The lowest BCUT2D eigenvalue weighted by Gasteiger charge is -2.36. The highest BCUT2D eigenvalue weighted by atomic mass is 35.5.